The minimum atomic E-state index is -0.605. The molecular weight excluding hydrogens is 150 g/mol. The van der Waals surface area contributed by atoms with Gasteiger partial charge in [0, 0.05) is 13.0 Å². The quantitative estimate of drug-likeness (QED) is 0.357. The highest BCUT2D eigenvalue weighted by Gasteiger charge is 1.99. The van der Waals surface area contributed by atoms with Crippen LogP contribution in [0.5, 0.6) is 0 Å². The molecule has 6 nitrogen and oxygen atoms in total. The monoisotopic (exact) mass is 161 g/mol. The number of rotatable bonds is 4. The third-order valence-corrected chi connectivity index (χ3v) is 0.988. The highest BCUT2D eigenvalue weighted by atomic mass is 16.7. The Kier molecular flexibility index (Phi) is 4.83. The number of nitrogens with two attached hydrogens (primary N) is 2. The van der Waals surface area contributed by atoms with Gasteiger partial charge >= 0.3 is 12.0 Å². The van der Waals surface area contributed by atoms with Gasteiger partial charge < -0.3 is 15.9 Å². The Morgan fingerprint density at radius 2 is 2.09 bits per heavy atom. The lowest BCUT2D eigenvalue weighted by Crippen LogP contribution is -2.30. The Bertz CT molecular complexity index is 148. The molecule has 5 N–H and O–H groups in total. The van der Waals surface area contributed by atoms with Crippen molar-refractivity contribution in [3.05, 3.63) is 0 Å². The molecule has 0 aliphatic carbocycles. The van der Waals surface area contributed by atoms with E-state index in [9.17, 15) is 9.59 Å². The fraction of sp³-hybridized carbons (Fsp3) is 0.600. The fourth-order valence-electron chi connectivity index (χ4n) is 0.503. The minimum Gasteiger partial charge on any atom is -0.373 e. The van der Waals surface area contributed by atoms with E-state index in [1.54, 1.807) is 0 Å². The highest BCUT2D eigenvalue weighted by Crippen LogP contribution is 1.87. The maximum Gasteiger partial charge on any atom is 0.324 e. The van der Waals surface area contributed by atoms with Crippen molar-refractivity contribution in [2.24, 2.45) is 11.6 Å². The van der Waals surface area contributed by atoms with E-state index in [1.165, 1.54) is 0 Å². The number of primary amides is 1. The van der Waals surface area contributed by atoms with Crippen LogP contribution in [0.3, 0.4) is 0 Å². The molecule has 0 atom stereocenters. The van der Waals surface area contributed by atoms with Crippen LogP contribution >= 0.6 is 0 Å². The molecule has 0 aromatic carbocycles. The summed E-state index contributed by atoms with van der Waals surface area (Å²) < 4.78 is 0. The lowest BCUT2D eigenvalue weighted by Gasteiger charge is -1.99. The normalized spacial score (nSPS) is 8.82. The van der Waals surface area contributed by atoms with Gasteiger partial charge in [-0.15, -0.1) is 0 Å². The van der Waals surface area contributed by atoms with Crippen LogP contribution in [0, 0.1) is 0 Å². The summed E-state index contributed by atoms with van der Waals surface area (Å²) in [5.41, 5.74) is 4.75. The van der Waals surface area contributed by atoms with Gasteiger partial charge in [-0.1, -0.05) is 0 Å². The number of urea groups is 1. The topological polar surface area (TPSA) is 107 Å². The Labute approximate surface area is 63.8 Å². The standard InChI is InChI=1S/C5H11N3O3/c6-5(10)8-3-1-2-4(9)11-7/h1-3,7H2,(H3,6,8,10). The van der Waals surface area contributed by atoms with E-state index in [4.69, 9.17) is 5.73 Å². The van der Waals surface area contributed by atoms with E-state index in [-0.39, 0.29) is 6.42 Å². The molecule has 0 aliphatic heterocycles. The predicted octanol–water partition coefficient (Wildman–Crippen LogP) is -1.15. The summed E-state index contributed by atoms with van der Waals surface area (Å²) >= 11 is 0. The van der Waals surface area contributed by atoms with Crippen molar-refractivity contribution in [1.29, 1.82) is 0 Å². The van der Waals surface area contributed by atoms with Gasteiger partial charge in [-0.2, -0.15) is 5.90 Å². The van der Waals surface area contributed by atoms with Gasteiger partial charge in [-0.3, -0.25) is 4.79 Å². The van der Waals surface area contributed by atoms with E-state index in [2.05, 4.69) is 16.1 Å². The second-order valence-corrected chi connectivity index (χ2v) is 1.88. The zero-order valence-corrected chi connectivity index (χ0v) is 6.00. The molecule has 0 spiro atoms. The highest BCUT2D eigenvalue weighted by molar-refractivity contribution is 5.71. The van der Waals surface area contributed by atoms with Crippen LogP contribution in [0.2, 0.25) is 0 Å². The zero-order chi connectivity index (χ0) is 8.69. The molecule has 2 amide bonds. The van der Waals surface area contributed by atoms with Crippen LogP contribution < -0.4 is 16.9 Å². The van der Waals surface area contributed by atoms with E-state index in [0.29, 0.717) is 13.0 Å². The Balaban J connectivity index is 3.14. The molecule has 0 unspecified atom stereocenters. The molecule has 0 saturated heterocycles. The zero-order valence-electron chi connectivity index (χ0n) is 6.00. The fourth-order valence-corrected chi connectivity index (χ4v) is 0.503. The summed E-state index contributed by atoms with van der Waals surface area (Å²) in [6, 6.07) is -0.605. The van der Waals surface area contributed by atoms with Gasteiger partial charge in [-0.05, 0) is 6.42 Å². The maximum atomic E-state index is 10.4. The number of hydrogen-bond acceptors (Lipinski definition) is 4. The molecule has 64 valence electrons. The van der Waals surface area contributed by atoms with E-state index in [1.807, 2.05) is 0 Å². The predicted molar refractivity (Wildman–Crippen MR) is 37.1 cm³/mol. The van der Waals surface area contributed by atoms with Crippen LogP contribution in [0.15, 0.2) is 0 Å². The Hall–Kier alpha value is -1.30. The van der Waals surface area contributed by atoms with Gasteiger partial charge in [0.15, 0.2) is 0 Å². The molecule has 0 fully saturated rings. The molecule has 0 rings (SSSR count). The van der Waals surface area contributed by atoms with Crippen molar-refractivity contribution in [2.45, 2.75) is 12.8 Å². The second-order valence-electron chi connectivity index (χ2n) is 1.88. The first-order valence-corrected chi connectivity index (χ1v) is 3.09. The summed E-state index contributed by atoms with van der Waals surface area (Å²) in [4.78, 5) is 24.3. The summed E-state index contributed by atoms with van der Waals surface area (Å²) in [5.74, 6) is 4.05. The average molecular weight is 161 g/mol. The lowest BCUT2D eigenvalue weighted by atomic mass is 10.3. The van der Waals surface area contributed by atoms with Gasteiger partial charge in [0.25, 0.3) is 0 Å². The largest absolute Gasteiger partial charge is 0.373 e. The molecular formula is C5H11N3O3. The summed E-state index contributed by atoms with van der Waals surface area (Å²) in [7, 11) is 0. The molecule has 0 aromatic rings. The third kappa shape index (κ3) is 6.59. The average Bonchev–Trinajstić information content (AvgIpc) is 1.97. The van der Waals surface area contributed by atoms with Crippen molar-refractivity contribution >= 4 is 12.0 Å². The second kappa shape index (κ2) is 5.48. The van der Waals surface area contributed by atoms with Crippen LogP contribution in [-0.4, -0.2) is 18.5 Å². The molecule has 0 aliphatic rings. The number of carbonyl (C=O) groups is 2. The Morgan fingerprint density at radius 1 is 1.45 bits per heavy atom. The summed E-state index contributed by atoms with van der Waals surface area (Å²) in [5, 5.41) is 2.32. The van der Waals surface area contributed by atoms with Gasteiger partial charge in [0.05, 0.1) is 0 Å². The number of carbonyl (C=O) groups excluding carboxylic acids is 2. The van der Waals surface area contributed by atoms with Crippen molar-refractivity contribution < 1.29 is 14.4 Å². The molecule has 0 aromatic heterocycles. The molecule has 6 heteroatoms. The lowest BCUT2D eigenvalue weighted by molar-refractivity contribution is -0.144. The van der Waals surface area contributed by atoms with Gasteiger partial charge in [0.1, 0.15) is 0 Å². The van der Waals surface area contributed by atoms with E-state index in [0.717, 1.165) is 0 Å². The number of amides is 2. The third-order valence-electron chi connectivity index (χ3n) is 0.988. The molecule has 0 bridgehead atoms. The van der Waals surface area contributed by atoms with Crippen LogP contribution in [0.1, 0.15) is 12.8 Å². The first kappa shape index (κ1) is 9.70. The van der Waals surface area contributed by atoms with Crippen LogP contribution in [0.25, 0.3) is 0 Å². The van der Waals surface area contributed by atoms with Crippen LogP contribution in [0.4, 0.5) is 4.79 Å². The van der Waals surface area contributed by atoms with Crippen molar-refractivity contribution in [2.75, 3.05) is 6.54 Å². The molecule has 11 heavy (non-hydrogen) atoms. The number of nitrogens with one attached hydrogen (secondary N) is 1. The van der Waals surface area contributed by atoms with Crippen molar-refractivity contribution in [1.82, 2.24) is 5.32 Å². The van der Waals surface area contributed by atoms with Crippen molar-refractivity contribution in [3.8, 4) is 0 Å². The van der Waals surface area contributed by atoms with Crippen molar-refractivity contribution in [3.63, 3.8) is 0 Å². The first-order chi connectivity index (χ1) is 5.16. The first-order valence-electron chi connectivity index (χ1n) is 3.09. The minimum absolute atomic E-state index is 0.177. The SMILES string of the molecule is NOC(=O)CCCNC(N)=O. The smallest absolute Gasteiger partial charge is 0.324 e. The van der Waals surface area contributed by atoms with Gasteiger partial charge in [0.2, 0.25) is 0 Å². The summed E-state index contributed by atoms with van der Waals surface area (Å²) in [6.07, 6.45) is 0.649. The molecule has 0 saturated carbocycles. The maximum absolute atomic E-state index is 10.4. The number of hydrogen-bond donors (Lipinski definition) is 3. The van der Waals surface area contributed by atoms with Gasteiger partial charge in [-0.25, -0.2) is 4.79 Å². The van der Waals surface area contributed by atoms with E-state index < -0.39 is 12.0 Å². The molecule has 0 radical (unpaired) electrons. The summed E-state index contributed by atoms with van der Waals surface area (Å²) in [6.45, 7) is 0.352. The molecule has 0 heterocycles. The Morgan fingerprint density at radius 3 is 2.55 bits per heavy atom. The van der Waals surface area contributed by atoms with E-state index >= 15 is 0 Å². The van der Waals surface area contributed by atoms with Crippen LogP contribution in [-0.2, 0) is 9.63 Å².